The molecule has 1 N–H and O–H groups in total. The third-order valence-corrected chi connectivity index (χ3v) is 6.01. The lowest BCUT2D eigenvalue weighted by Gasteiger charge is -2.36. The zero-order chi connectivity index (χ0) is 21.7. The van der Waals surface area contributed by atoms with E-state index < -0.39 is 0 Å². The summed E-state index contributed by atoms with van der Waals surface area (Å²) in [6, 6.07) is 11.6. The zero-order valence-corrected chi connectivity index (χ0v) is 17.7. The van der Waals surface area contributed by atoms with Gasteiger partial charge in [0.15, 0.2) is 0 Å². The van der Waals surface area contributed by atoms with E-state index in [1.54, 1.807) is 16.8 Å². The van der Waals surface area contributed by atoms with Gasteiger partial charge in [0.2, 0.25) is 0 Å². The number of hydrogen-bond donors (Lipinski definition) is 1. The maximum absolute atomic E-state index is 13.0. The molecule has 0 saturated carbocycles. The summed E-state index contributed by atoms with van der Waals surface area (Å²) in [4.78, 5) is 22.2. The van der Waals surface area contributed by atoms with E-state index in [0.717, 1.165) is 46.1 Å². The summed E-state index contributed by atoms with van der Waals surface area (Å²) >= 11 is 0. The molecule has 1 aromatic carbocycles. The number of aromatic nitrogens is 4. The molecule has 0 fully saturated rings. The summed E-state index contributed by atoms with van der Waals surface area (Å²) in [6.45, 7) is 5.83. The number of carbonyl (C=O) groups is 1. The van der Waals surface area contributed by atoms with E-state index in [1.807, 2.05) is 39.0 Å². The van der Waals surface area contributed by atoms with Gasteiger partial charge < -0.3 is 5.32 Å². The normalized spacial score (nSPS) is 19.7. The fourth-order valence-corrected chi connectivity index (χ4v) is 4.73. The van der Waals surface area contributed by atoms with Crippen LogP contribution in [0.2, 0.25) is 0 Å². The summed E-state index contributed by atoms with van der Waals surface area (Å²) in [6.07, 6.45) is 3.37. The number of nitrogens with zero attached hydrogens (tertiary/aromatic N) is 5. The fourth-order valence-electron chi connectivity index (χ4n) is 4.73. The largest absolute Gasteiger partial charge is 0.343 e. The molecule has 0 bridgehead atoms. The molecule has 31 heavy (non-hydrogen) atoms. The molecule has 7 heteroatoms. The number of nitrogens with one attached hydrogen (secondary N) is 1. The highest BCUT2D eigenvalue weighted by atomic mass is 16.1. The number of Topliss-reactive ketones (excluding diaryl/α,β-unsaturated/α-hetero) is 1. The SMILES string of the molecule is Cc1cc(C)nc(-n2nc(C)c3c2NC2=CCCC(=O)[C@@H]2[C@H]3c2ccc(C#N)cc2)n1. The molecular weight excluding hydrogens is 388 g/mol. The summed E-state index contributed by atoms with van der Waals surface area (Å²) in [5.41, 5.74) is 6.05. The van der Waals surface area contributed by atoms with Crippen LogP contribution in [0.15, 0.2) is 42.1 Å². The Morgan fingerprint density at radius 2 is 1.81 bits per heavy atom. The number of rotatable bonds is 2. The Balaban J connectivity index is 1.74. The number of carbonyl (C=O) groups excluding carboxylic acids is 1. The number of fused-ring (bicyclic) bond motifs is 2. The van der Waals surface area contributed by atoms with Crippen LogP contribution in [0.5, 0.6) is 0 Å². The minimum Gasteiger partial charge on any atom is -0.343 e. The molecule has 3 heterocycles. The Morgan fingerprint density at radius 3 is 2.48 bits per heavy atom. The van der Waals surface area contributed by atoms with Crippen LogP contribution in [0.1, 0.15) is 52.5 Å². The second-order valence-electron chi connectivity index (χ2n) is 8.19. The third-order valence-electron chi connectivity index (χ3n) is 6.01. The van der Waals surface area contributed by atoms with Gasteiger partial charge in [0.05, 0.1) is 23.2 Å². The molecule has 2 atom stereocenters. The van der Waals surface area contributed by atoms with E-state index in [-0.39, 0.29) is 17.6 Å². The lowest BCUT2D eigenvalue weighted by Crippen LogP contribution is -2.35. The van der Waals surface area contributed by atoms with Gasteiger partial charge in [-0.1, -0.05) is 18.2 Å². The molecule has 0 radical (unpaired) electrons. The van der Waals surface area contributed by atoms with Crippen LogP contribution < -0.4 is 5.32 Å². The molecule has 7 nitrogen and oxygen atoms in total. The number of ketones is 1. The first kappa shape index (κ1) is 19.2. The summed E-state index contributed by atoms with van der Waals surface area (Å²) < 4.78 is 1.75. The Bertz CT molecular complexity index is 1260. The highest BCUT2D eigenvalue weighted by Gasteiger charge is 2.43. The van der Waals surface area contributed by atoms with Crippen molar-refractivity contribution in [3.8, 4) is 12.0 Å². The standard InChI is InChI=1S/C24H22N6O/c1-13-11-14(2)27-24(26-13)30-23-20(15(3)29-30)21(17-9-7-16(12-25)8-10-17)22-18(28-23)5-4-6-19(22)31/h5,7-11,21-22,28H,4,6H2,1-3H3/t21-,22+/m0/s1. The number of anilines is 1. The summed E-state index contributed by atoms with van der Waals surface area (Å²) in [5.74, 6) is 1.07. The van der Waals surface area contributed by atoms with Gasteiger partial charge in [-0.15, -0.1) is 0 Å². The van der Waals surface area contributed by atoms with Gasteiger partial charge in [-0.05, 0) is 51.0 Å². The van der Waals surface area contributed by atoms with Crippen LogP contribution in [-0.4, -0.2) is 25.5 Å². The van der Waals surface area contributed by atoms with E-state index in [1.165, 1.54) is 0 Å². The maximum Gasteiger partial charge on any atom is 0.252 e. The first-order valence-corrected chi connectivity index (χ1v) is 10.4. The van der Waals surface area contributed by atoms with E-state index in [0.29, 0.717) is 17.9 Å². The van der Waals surface area contributed by atoms with Crippen molar-refractivity contribution in [2.75, 3.05) is 5.32 Å². The molecule has 3 aromatic rings. The Labute approximate surface area is 180 Å². The minimum atomic E-state index is -0.286. The average Bonchev–Trinajstić information content (AvgIpc) is 3.08. The number of nitriles is 1. The average molecular weight is 410 g/mol. The molecule has 1 aliphatic heterocycles. The van der Waals surface area contributed by atoms with Gasteiger partial charge in [0, 0.05) is 35.0 Å². The maximum atomic E-state index is 13.0. The van der Waals surface area contributed by atoms with E-state index in [4.69, 9.17) is 5.10 Å². The number of allylic oxidation sites excluding steroid dienone is 2. The van der Waals surface area contributed by atoms with Crippen molar-refractivity contribution in [1.82, 2.24) is 19.7 Å². The molecule has 0 amide bonds. The molecule has 2 aromatic heterocycles. The Kier molecular flexibility index (Phi) is 4.44. The van der Waals surface area contributed by atoms with Crippen molar-refractivity contribution in [2.24, 2.45) is 5.92 Å². The molecular formula is C24H22N6O. The van der Waals surface area contributed by atoms with Crippen LogP contribution in [0.3, 0.4) is 0 Å². The van der Waals surface area contributed by atoms with Crippen molar-refractivity contribution < 1.29 is 4.79 Å². The van der Waals surface area contributed by atoms with Gasteiger partial charge in [0.1, 0.15) is 11.6 Å². The van der Waals surface area contributed by atoms with Gasteiger partial charge in [-0.2, -0.15) is 15.0 Å². The van der Waals surface area contributed by atoms with Crippen LogP contribution in [0.25, 0.3) is 5.95 Å². The predicted molar refractivity (Wildman–Crippen MR) is 116 cm³/mol. The second kappa shape index (κ2) is 7.17. The number of aryl methyl sites for hydroxylation is 3. The zero-order valence-electron chi connectivity index (χ0n) is 17.7. The minimum absolute atomic E-state index is 0.178. The molecule has 1 aliphatic carbocycles. The number of benzene rings is 1. The van der Waals surface area contributed by atoms with Crippen molar-refractivity contribution in [2.45, 2.75) is 39.5 Å². The van der Waals surface area contributed by atoms with E-state index >= 15 is 0 Å². The van der Waals surface area contributed by atoms with Gasteiger partial charge in [0.25, 0.3) is 5.95 Å². The van der Waals surface area contributed by atoms with E-state index in [2.05, 4.69) is 27.4 Å². The highest BCUT2D eigenvalue weighted by Crippen LogP contribution is 2.48. The third kappa shape index (κ3) is 3.12. The molecule has 0 saturated heterocycles. The van der Waals surface area contributed by atoms with Gasteiger partial charge >= 0.3 is 0 Å². The monoisotopic (exact) mass is 410 g/mol. The van der Waals surface area contributed by atoms with Crippen molar-refractivity contribution in [3.05, 3.63) is 75.9 Å². The van der Waals surface area contributed by atoms with Crippen LogP contribution >= 0.6 is 0 Å². The van der Waals surface area contributed by atoms with Crippen molar-refractivity contribution in [3.63, 3.8) is 0 Å². The first-order valence-electron chi connectivity index (χ1n) is 10.4. The molecule has 0 spiro atoms. The lowest BCUT2D eigenvalue weighted by molar-refractivity contribution is -0.122. The van der Waals surface area contributed by atoms with Crippen LogP contribution in [0, 0.1) is 38.0 Å². The topological polar surface area (TPSA) is 96.5 Å². The molecule has 0 unspecified atom stereocenters. The smallest absolute Gasteiger partial charge is 0.252 e. The second-order valence-corrected chi connectivity index (χ2v) is 8.19. The van der Waals surface area contributed by atoms with Gasteiger partial charge in [-0.3, -0.25) is 4.79 Å². The molecule has 154 valence electrons. The quantitative estimate of drug-likeness (QED) is 0.689. The first-order chi connectivity index (χ1) is 15.0. The van der Waals surface area contributed by atoms with Crippen molar-refractivity contribution >= 4 is 11.6 Å². The van der Waals surface area contributed by atoms with Crippen molar-refractivity contribution in [1.29, 1.82) is 5.26 Å². The molecule has 5 rings (SSSR count). The van der Waals surface area contributed by atoms with Crippen LogP contribution in [-0.2, 0) is 4.79 Å². The summed E-state index contributed by atoms with van der Waals surface area (Å²) in [5, 5.41) is 17.5. The highest BCUT2D eigenvalue weighted by molar-refractivity contribution is 5.89. The number of hydrogen-bond acceptors (Lipinski definition) is 6. The predicted octanol–water partition coefficient (Wildman–Crippen LogP) is 3.88. The van der Waals surface area contributed by atoms with E-state index in [9.17, 15) is 10.1 Å². The van der Waals surface area contributed by atoms with Crippen LogP contribution in [0.4, 0.5) is 5.82 Å². The Morgan fingerprint density at radius 1 is 1.10 bits per heavy atom. The molecule has 2 aliphatic rings. The summed E-state index contributed by atoms with van der Waals surface area (Å²) in [7, 11) is 0. The Hall–Kier alpha value is -3.79. The lowest BCUT2D eigenvalue weighted by atomic mass is 9.71. The van der Waals surface area contributed by atoms with Gasteiger partial charge in [-0.25, -0.2) is 9.97 Å². The fraction of sp³-hybridized carbons (Fsp3) is 0.292.